The van der Waals surface area contributed by atoms with E-state index in [-0.39, 0.29) is 18.1 Å². The summed E-state index contributed by atoms with van der Waals surface area (Å²) < 4.78 is 42.3. The standard InChI is InChI=1S/C20H24F3N3O2/c1-2-24-20(25-12-11-14-5-3-4-6-17(14)21)26-13-18(27)15-7-9-16(10-8-15)28-19(22)23/h3-10,18-19,27H,2,11-13H2,1H3,(H2,24,25,26). The first-order chi connectivity index (χ1) is 13.5. The molecule has 2 rings (SSSR count). The van der Waals surface area contributed by atoms with Gasteiger partial charge in [-0.05, 0) is 42.7 Å². The molecular formula is C20H24F3N3O2. The van der Waals surface area contributed by atoms with E-state index >= 15 is 0 Å². The Morgan fingerprint density at radius 2 is 1.82 bits per heavy atom. The number of hydrogen-bond donors (Lipinski definition) is 3. The quantitative estimate of drug-likeness (QED) is 0.451. The number of nitrogens with one attached hydrogen (secondary N) is 2. The third-order valence-electron chi connectivity index (χ3n) is 3.90. The van der Waals surface area contributed by atoms with Crippen LogP contribution in [0.1, 0.15) is 24.2 Å². The van der Waals surface area contributed by atoms with Crippen molar-refractivity contribution in [1.82, 2.24) is 10.6 Å². The summed E-state index contributed by atoms with van der Waals surface area (Å²) in [6.45, 7) is 0.193. The predicted molar refractivity (Wildman–Crippen MR) is 102 cm³/mol. The maximum atomic E-state index is 13.6. The Hall–Kier alpha value is -2.74. The molecule has 1 atom stereocenters. The van der Waals surface area contributed by atoms with Crippen LogP contribution >= 0.6 is 0 Å². The van der Waals surface area contributed by atoms with Crippen LogP contribution in [-0.2, 0) is 6.42 Å². The topological polar surface area (TPSA) is 65.9 Å². The highest BCUT2D eigenvalue weighted by Crippen LogP contribution is 2.19. The zero-order valence-corrected chi connectivity index (χ0v) is 15.5. The van der Waals surface area contributed by atoms with Gasteiger partial charge in [0.05, 0.1) is 12.6 Å². The van der Waals surface area contributed by atoms with Gasteiger partial charge >= 0.3 is 6.61 Å². The van der Waals surface area contributed by atoms with Crippen molar-refractivity contribution >= 4 is 5.96 Å². The highest BCUT2D eigenvalue weighted by molar-refractivity contribution is 5.79. The number of benzene rings is 2. The molecule has 0 fully saturated rings. The molecule has 0 radical (unpaired) electrons. The number of halogens is 3. The largest absolute Gasteiger partial charge is 0.435 e. The lowest BCUT2D eigenvalue weighted by Gasteiger charge is -2.14. The fourth-order valence-electron chi connectivity index (χ4n) is 2.51. The predicted octanol–water partition coefficient (Wildman–Crippen LogP) is 3.26. The summed E-state index contributed by atoms with van der Waals surface area (Å²) in [6, 6.07) is 12.3. The van der Waals surface area contributed by atoms with Crippen LogP contribution in [0.2, 0.25) is 0 Å². The molecule has 2 aromatic rings. The molecular weight excluding hydrogens is 371 g/mol. The maximum absolute atomic E-state index is 13.6. The number of aliphatic imine (C=N–C) groups is 1. The summed E-state index contributed by atoms with van der Waals surface area (Å²) in [4.78, 5) is 4.31. The summed E-state index contributed by atoms with van der Waals surface area (Å²) >= 11 is 0. The van der Waals surface area contributed by atoms with Crippen LogP contribution in [-0.4, -0.2) is 37.3 Å². The molecule has 5 nitrogen and oxygen atoms in total. The fourth-order valence-corrected chi connectivity index (χ4v) is 2.51. The zero-order chi connectivity index (χ0) is 20.4. The number of alkyl halides is 2. The lowest BCUT2D eigenvalue weighted by molar-refractivity contribution is -0.0498. The highest BCUT2D eigenvalue weighted by Gasteiger charge is 2.10. The van der Waals surface area contributed by atoms with Crippen LogP contribution in [0.5, 0.6) is 5.75 Å². The van der Waals surface area contributed by atoms with Crippen molar-refractivity contribution in [3.63, 3.8) is 0 Å². The van der Waals surface area contributed by atoms with Gasteiger partial charge in [-0.1, -0.05) is 30.3 Å². The third-order valence-corrected chi connectivity index (χ3v) is 3.90. The van der Waals surface area contributed by atoms with E-state index < -0.39 is 12.7 Å². The van der Waals surface area contributed by atoms with Gasteiger partial charge in [0.2, 0.25) is 0 Å². The van der Waals surface area contributed by atoms with Gasteiger partial charge in [-0.25, -0.2) is 4.39 Å². The minimum absolute atomic E-state index is 0.0256. The second-order valence-corrected chi connectivity index (χ2v) is 5.95. The summed E-state index contributed by atoms with van der Waals surface area (Å²) in [5.41, 5.74) is 1.14. The van der Waals surface area contributed by atoms with E-state index in [4.69, 9.17) is 0 Å². The van der Waals surface area contributed by atoms with Gasteiger partial charge in [-0.2, -0.15) is 8.78 Å². The van der Waals surface area contributed by atoms with Crippen LogP contribution in [0.15, 0.2) is 53.5 Å². The third kappa shape index (κ3) is 7.11. The maximum Gasteiger partial charge on any atom is 0.387 e. The number of aliphatic hydroxyl groups is 1. The Morgan fingerprint density at radius 3 is 2.46 bits per heavy atom. The van der Waals surface area contributed by atoms with Crippen LogP contribution < -0.4 is 15.4 Å². The number of nitrogens with zero attached hydrogens (tertiary/aromatic N) is 1. The van der Waals surface area contributed by atoms with Crippen LogP contribution in [0.4, 0.5) is 13.2 Å². The molecule has 3 N–H and O–H groups in total. The van der Waals surface area contributed by atoms with E-state index in [0.29, 0.717) is 36.6 Å². The molecule has 152 valence electrons. The second kappa shape index (κ2) is 11.2. The minimum atomic E-state index is -2.89. The molecule has 0 aliphatic rings. The van der Waals surface area contributed by atoms with Crippen molar-refractivity contribution < 1.29 is 23.0 Å². The van der Waals surface area contributed by atoms with Crippen LogP contribution in [0.3, 0.4) is 0 Å². The Labute approximate surface area is 162 Å². The first kappa shape index (κ1) is 21.6. The number of rotatable bonds is 9. The zero-order valence-electron chi connectivity index (χ0n) is 15.5. The van der Waals surface area contributed by atoms with E-state index in [2.05, 4.69) is 20.4 Å². The van der Waals surface area contributed by atoms with E-state index in [1.165, 1.54) is 30.3 Å². The van der Waals surface area contributed by atoms with Crippen LogP contribution in [0.25, 0.3) is 0 Å². The minimum Gasteiger partial charge on any atom is -0.435 e. The van der Waals surface area contributed by atoms with E-state index in [0.717, 1.165) is 0 Å². The van der Waals surface area contributed by atoms with Crippen molar-refractivity contribution in [2.24, 2.45) is 4.99 Å². The number of guanidine groups is 1. The van der Waals surface area contributed by atoms with Gasteiger partial charge in [0.1, 0.15) is 11.6 Å². The first-order valence-electron chi connectivity index (χ1n) is 8.98. The van der Waals surface area contributed by atoms with Crippen molar-refractivity contribution in [2.75, 3.05) is 19.6 Å². The van der Waals surface area contributed by atoms with Crippen molar-refractivity contribution in [3.05, 3.63) is 65.5 Å². The number of ether oxygens (including phenoxy) is 1. The van der Waals surface area contributed by atoms with Crippen molar-refractivity contribution in [2.45, 2.75) is 26.1 Å². The molecule has 2 aromatic carbocycles. The molecule has 0 heterocycles. The van der Waals surface area contributed by atoms with Crippen LogP contribution in [0, 0.1) is 5.82 Å². The average Bonchev–Trinajstić information content (AvgIpc) is 2.67. The molecule has 0 amide bonds. The van der Waals surface area contributed by atoms with Gasteiger partial charge in [0.25, 0.3) is 0 Å². The summed E-state index contributed by atoms with van der Waals surface area (Å²) in [5.74, 6) is 0.272. The van der Waals surface area contributed by atoms with Crippen molar-refractivity contribution in [3.8, 4) is 5.75 Å². The summed E-state index contributed by atoms with van der Waals surface area (Å²) in [5, 5.41) is 16.4. The molecule has 0 bridgehead atoms. The highest BCUT2D eigenvalue weighted by atomic mass is 19.3. The molecule has 0 saturated heterocycles. The molecule has 28 heavy (non-hydrogen) atoms. The molecule has 0 aliphatic heterocycles. The van der Waals surface area contributed by atoms with Crippen molar-refractivity contribution in [1.29, 1.82) is 0 Å². The molecule has 0 aliphatic carbocycles. The Morgan fingerprint density at radius 1 is 1.11 bits per heavy atom. The smallest absolute Gasteiger partial charge is 0.387 e. The lowest BCUT2D eigenvalue weighted by Crippen LogP contribution is -2.38. The fraction of sp³-hybridized carbons (Fsp3) is 0.350. The van der Waals surface area contributed by atoms with Gasteiger partial charge < -0.3 is 20.5 Å². The summed E-state index contributed by atoms with van der Waals surface area (Å²) in [6.07, 6.45) is -0.409. The number of aliphatic hydroxyl groups excluding tert-OH is 1. The Kier molecular flexibility index (Phi) is 8.61. The summed E-state index contributed by atoms with van der Waals surface area (Å²) in [7, 11) is 0. The van der Waals surface area contributed by atoms with E-state index in [1.54, 1.807) is 18.2 Å². The van der Waals surface area contributed by atoms with Gasteiger partial charge in [0.15, 0.2) is 5.96 Å². The molecule has 0 spiro atoms. The molecule has 1 unspecified atom stereocenters. The SMILES string of the molecule is CCNC(=NCC(O)c1ccc(OC(F)F)cc1)NCCc1ccccc1F. The normalized spacial score (nSPS) is 12.7. The Bertz CT molecular complexity index is 755. The second-order valence-electron chi connectivity index (χ2n) is 5.95. The average molecular weight is 395 g/mol. The lowest BCUT2D eigenvalue weighted by atomic mass is 10.1. The van der Waals surface area contributed by atoms with Gasteiger partial charge in [-0.15, -0.1) is 0 Å². The van der Waals surface area contributed by atoms with E-state index in [1.807, 2.05) is 6.92 Å². The van der Waals surface area contributed by atoms with Gasteiger partial charge in [0, 0.05) is 13.1 Å². The van der Waals surface area contributed by atoms with E-state index in [9.17, 15) is 18.3 Å². The number of hydrogen-bond acceptors (Lipinski definition) is 3. The Balaban J connectivity index is 1.89. The monoisotopic (exact) mass is 395 g/mol. The molecule has 0 saturated carbocycles. The molecule has 8 heteroatoms. The van der Waals surface area contributed by atoms with Gasteiger partial charge in [-0.3, -0.25) is 4.99 Å². The molecule has 0 aromatic heterocycles. The first-order valence-corrected chi connectivity index (χ1v) is 8.98.